The maximum absolute atomic E-state index is 14.4. The van der Waals surface area contributed by atoms with E-state index in [-0.39, 0.29) is 13.2 Å². The van der Waals surface area contributed by atoms with Crippen LogP contribution in [0.4, 0.5) is 20.6 Å². The molecule has 158 valence electrons. The van der Waals surface area contributed by atoms with E-state index >= 15 is 0 Å². The van der Waals surface area contributed by atoms with E-state index in [1.54, 1.807) is 12.1 Å². The van der Waals surface area contributed by atoms with E-state index in [0.29, 0.717) is 37.7 Å². The van der Waals surface area contributed by atoms with E-state index in [4.69, 9.17) is 14.2 Å². The standard InChI is InChI=1S/C16H19FN2O5.2C2H6/c1-11(20)23-10-13-9-19(16(21)24-13)12-2-3-15(14(17)8-12)18-4-6-22-7-5-18;2*1-2/h2-3,8,13H,4-7,9-10H2,1H3;2*1-2H3. The minimum Gasteiger partial charge on any atom is -0.462 e. The largest absolute Gasteiger partial charge is 0.462 e. The lowest BCUT2D eigenvalue weighted by molar-refractivity contribution is -0.143. The molecule has 2 aliphatic heterocycles. The van der Waals surface area contributed by atoms with Crippen LogP contribution in [0.2, 0.25) is 0 Å². The SMILES string of the molecule is CC.CC.CC(=O)OCC1CN(c2ccc(N3CCOCC3)c(F)c2)C(=O)O1. The normalized spacial score (nSPS) is 18.4. The molecular formula is C20H31FN2O5. The molecule has 1 unspecified atom stereocenters. The number of rotatable bonds is 4. The van der Waals surface area contributed by atoms with Gasteiger partial charge in [-0.2, -0.15) is 0 Å². The van der Waals surface area contributed by atoms with Crippen LogP contribution in [0.1, 0.15) is 34.6 Å². The average molecular weight is 398 g/mol. The molecule has 0 N–H and O–H groups in total. The van der Waals surface area contributed by atoms with Gasteiger partial charge in [0.15, 0.2) is 6.10 Å². The van der Waals surface area contributed by atoms with Crippen molar-refractivity contribution in [3.05, 3.63) is 24.0 Å². The summed E-state index contributed by atoms with van der Waals surface area (Å²) in [4.78, 5) is 26.0. The van der Waals surface area contributed by atoms with Crippen molar-refractivity contribution in [2.75, 3.05) is 49.3 Å². The Hall–Kier alpha value is -2.35. The third-order valence-electron chi connectivity index (χ3n) is 3.94. The fraction of sp³-hybridized carbons (Fsp3) is 0.600. The number of hydrogen-bond acceptors (Lipinski definition) is 6. The maximum atomic E-state index is 14.4. The van der Waals surface area contributed by atoms with Gasteiger partial charge in [0, 0.05) is 20.0 Å². The smallest absolute Gasteiger partial charge is 0.414 e. The van der Waals surface area contributed by atoms with Gasteiger partial charge in [0.2, 0.25) is 0 Å². The van der Waals surface area contributed by atoms with Crippen LogP contribution in [-0.2, 0) is 19.0 Å². The zero-order valence-electron chi connectivity index (χ0n) is 17.4. The fourth-order valence-electron chi connectivity index (χ4n) is 2.75. The molecule has 2 fully saturated rings. The maximum Gasteiger partial charge on any atom is 0.414 e. The molecule has 8 heteroatoms. The third-order valence-corrected chi connectivity index (χ3v) is 3.94. The lowest BCUT2D eigenvalue weighted by Crippen LogP contribution is -2.36. The van der Waals surface area contributed by atoms with E-state index in [1.165, 1.54) is 17.9 Å². The molecule has 7 nitrogen and oxygen atoms in total. The number of cyclic esters (lactones) is 1. The van der Waals surface area contributed by atoms with Crippen LogP contribution in [-0.4, -0.2) is 57.6 Å². The molecule has 2 saturated heterocycles. The van der Waals surface area contributed by atoms with Crippen molar-refractivity contribution < 1.29 is 28.2 Å². The number of carbonyl (C=O) groups is 2. The molecule has 0 aliphatic carbocycles. The van der Waals surface area contributed by atoms with E-state index < -0.39 is 24.0 Å². The highest BCUT2D eigenvalue weighted by atomic mass is 19.1. The van der Waals surface area contributed by atoms with Crippen molar-refractivity contribution in [1.29, 1.82) is 0 Å². The lowest BCUT2D eigenvalue weighted by Gasteiger charge is -2.29. The molecule has 2 aliphatic rings. The zero-order chi connectivity index (χ0) is 21.1. The summed E-state index contributed by atoms with van der Waals surface area (Å²) in [6.07, 6.45) is -1.13. The predicted octanol–water partition coefficient (Wildman–Crippen LogP) is 3.60. The first-order valence-corrected chi connectivity index (χ1v) is 9.78. The van der Waals surface area contributed by atoms with Crippen LogP contribution >= 0.6 is 0 Å². The Kier molecular flexibility index (Phi) is 10.3. The number of anilines is 2. The van der Waals surface area contributed by atoms with E-state index in [0.717, 1.165) is 0 Å². The zero-order valence-corrected chi connectivity index (χ0v) is 17.4. The van der Waals surface area contributed by atoms with Crippen molar-refractivity contribution in [1.82, 2.24) is 0 Å². The van der Waals surface area contributed by atoms with E-state index in [9.17, 15) is 14.0 Å². The van der Waals surface area contributed by atoms with Gasteiger partial charge in [0.25, 0.3) is 0 Å². The van der Waals surface area contributed by atoms with Crippen LogP contribution in [0.25, 0.3) is 0 Å². The van der Waals surface area contributed by atoms with Crippen molar-refractivity contribution in [2.45, 2.75) is 40.7 Å². The molecule has 0 spiro atoms. The molecule has 2 heterocycles. The molecule has 1 aromatic carbocycles. The highest BCUT2D eigenvalue weighted by molar-refractivity contribution is 5.90. The number of nitrogens with zero attached hydrogens (tertiary/aromatic N) is 2. The van der Waals surface area contributed by atoms with Gasteiger partial charge in [-0.15, -0.1) is 0 Å². The number of carbonyl (C=O) groups excluding carboxylic acids is 2. The number of benzene rings is 1. The van der Waals surface area contributed by atoms with Gasteiger partial charge in [0.05, 0.1) is 31.1 Å². The molecule has 0 saturated carbocycles. The Morgan fingerprint density at radius 1 is 1.21 bits per heavy atom. The Balaban J connectivity index is 0.000000921. The van der Waals surface area contributed by atoms with Gasteiger partial charge < -0.3 is 19.1 Å². The molecule has 1 atom stereocenters. The lowest BCUT2D eigenvalue weighted by atomic mass is 10.2. The second-order valence-corrected chi connectivity index (χ2v) is 5.65. The topological polar surface area (TPSA) is 68.3 Å². The van der Waals surface area contributed by atoms with Crippen LogP contribution in [0, 0.1) is 5.82 Å². The number of halogens is 1. The molecule has 1 amide bonds. The summed E-state index contributed by atoms with van der Waals surface area (Å²) in [7, 11) is 0. The first-order chi connectivity index (χ1) is 13.5. The minimum atomic E-state index is -0.578. The van der Waals surface area contributed by atoms with Crippen molar-refractivity contribution in [3.8, 4) is 0 Å². The Labute approximate surface area is 166 Å². The summed E-state index contributed by atoms with van der Waals surface area (Å²) >= 11 is 0. The van der Waals surface area contributed by atoms with Crippen LogP contribution in [0.3, 0.4) is 0 Å². The summed E-state index contributed by atoms with van der Waals surface area (Å²) in [6, 6.07) is 4.66. The number of amides is 1. The van der Waals surface area contributed by atoms with E-state index in [1.807, 2.05) is 32.6 Å². The molecule has 1 aromatic rings. The molecule has 3 rings (SSSR count). The molecule has 28 heavy (non-hydrogen) atoms. The van der Waals surface area contributed by atoms with Crippen molar-refractivity contribution >= 4 is 23.4 Å². The van der Waals surface area contributed by atoms with Gasteiger partial charge in [-0.25, -0.2) is 9.18 Å². The fourth-order valence-corrected chi connectivity index (χ4v) is 2.75. The molecule has 0 bridgehead atoms. The van der Waals surface area contributed by atoms with Crippen LogP contribution in [0.5, 0.6) is 0 Å². The number of esters is 1. The van der Waals surface area contributed by atoms with Gasteiger partial charge in [-0.1, -0.05) is 27.7 Å². The van der Waals surface area contributed by atoms with Gasteiger partial charge >= 0.3 is 12.1 Å². The van der Waals surface area contributed by atoms with Crippen molar-refractivity contribution in [2.24, 2.45) is 0 Å². The van der Waals surface area contributed by atoms with Gasteiger partial charge in [-0.3, -0.25) is 9.69 Å². The Bertz CT molecular complexity index is 635. The minimum absolute atomic E-state index is 0.00802. The summed E-state index contributed by atoms with van der Waals surface area (Å²) in [6.45, 7) is 11.9. The quantitative estimate of drug-likeness (QED) is 0.722. The summed E-state index contributed by atoms with van der Waals surface area (Å²) in [5, 5.41) is 0. The third kappa shape index (κ3) is 6.37. The predicted molar refractivity (Wildman–Crippen MR) is 106 cm³/mol. The first-order valence-electron chi connectivity index (χ1n) is 9.78. The van der Waals surface area contributed by atoms with Crippen LogP contribution in [0.15, 0.2) is 18.2 Å². The summed E-state index contributed by atoms with van der Waals surface area (Å²) < 4.78 is 29.7. The average Bonchev–Trinajstić information content (AvgIpc) is 3.10. The van der Waals surface area contributed by atoms with E-state index in [2.05, 4.69) is 0 Å². The number of ether oxygens (including phenoxy) is 3. The molecular weight excluding hydrogens is 367 g/mol. The Morgan fingerprint density at radius 3 is 2.43 bits per heavy atom. The highest BCUT2D eigenvalue weighted by Crippen LogP contribution is 2.28. The molecule has 0 radical (unpaired) electrons. The first kappa shape index (κ1) is 23.7. The second-order valence-electron chi connectivity index (χ2n) is 5.65. The van der Waals surface area contributed by atoms with Gasteiger partial charge in [0.1, 0.15) is 12.4 Å². The molecule has 0 aromatic heterocycles. The summed E-state index contributed by atoms with van der Waals surface area (Å²) in [5.74, 6) is -0.837. The highest BCUT2D eigenvalue weighted by Gasteiger charge is 2.33. The number of hydrogen-bond donors (Lipinski definition) is 0. The van der Waals surface area contributed by atoms with Crippen LogP contribution < -0.4 is 9.80 Å². The number of morpholine rings is 1. The Morgan fingerprint density at radius 2 is 1.86 bits per heavy atom. The second kappa shape index (κ2) is 12.2. The van der Waals surface area contributed by atoms with Gasteiger partial charge in [-0.05, 0) is 18.2 Å². The monoisotopic (exact) mass is 398 g/mol. The van der Waals surface area contributed by atoms with Crippen molar-refractivity contribution in [3.63, 3.8) is 0 Å². The summed E-state index contributed by atoms with van der Waals surface area (Å²) in [5.41, 5.74) is 0.908.